The minimum absolute atomic E-state index is 0.101. The Morgan fingerprint density at radius 2 is 1.87 bits per heavy atom. The normalized spacial score (nSPS) is 19.1. The van der Waals surface area contributed by atoms with E-state index < -0.39 is 0 Å². The first-order valence-electron chi connectivity index (χ1n) is 15.6. The second kappa shape index (κ2) is 12.0. The number of amides is 1. The summed E-state index contributed by atoms with van der Waals surface area (Å²) in [6.45, 7) is 3.68. The van der Waals surface area contributed by atoms with Gasteiger partial charge in [-0.05, 0) is 69.1 Å². The molecule has 1 atom stereocenters. The van der Waals surface area contributed by atoms with E-state index in [9.17, 15) is 4.79 Å². The number of hydrogen-bond acceptors (Lipinski definition) is 7. The SMILES string of the molecule is CN(C)C/C=C/C(=O)N1CC2(CC(C#Cc3c(-c4ccc(Oc5ccccc5)cc4)c4c(N)ncnc4n3C3CCOC3)C2)C1. The zero-order valence-electron chi connectivity index (χ0n) is 25.8. The number of nitrogens with two attached hydrogens (primary N) is 1. The second-order valence-corrected chi connectivity index (χ2v) is 12.7. The van der Waals surface area contributed by atoms with Crippen LogP contribution < -0.4 is 10.5 Å². The molecule has 0 bridgehead atoms. The first-order chi connectivity index (χ1) is 21.9. The van der Waals surface area contributed by atoms with Crippen LogP contribution in [0, 0.1) is 23.2 Å². The van der Waals surface area contributed by atoms with Gasteiger partial charge in [0.25, 0.3) is 0 Å². The van der Waals surface area contributed by atoms with Crippen molar-refractivity contribution in [3.63, 3.8) is 0 Å². The van der Waals surface area contributed by atoms with Gasteiger partial charge in [-0.2, -0.15) is 0 Å². The van der Waals surface area contributed by atoms with Crippen LogP contribution in [0.2, 0.25) is 0 Å². The maximum absolute atomic E-state index is 12.5. The van der Waals surface area contributed by atoms with Crippen molar-refractivity contribution < 1.29 is 14.3 Å². The fraction of sp³-hybridized carbons (Fsp3) is 0.361. The Balaban J connectivity index is 1.17. The maximum atomic E-state index is 12.5. The molecule has 1 spiro atoms. The number of para-hydroxylation sites is 1. The van der Waals surface area contributed by atoms with E-state index in [1.807, 2.05) is 84.6 Å². The summed E-state index contributed by atoms with van der Waals surface area (Å²) in [5, 5.41) is 0.811. The number of likely N-dealkylation sites (tertiary alicyclic amines) is 1. The number of likely N-dealkylation sites (N-methyl/N-ethyl adjacent to an activating group) is 1. The number of aromatic nitrogens is 3. The van der Waals surface area contributed by atoms with E-state index in [0.29, 0.717) is 19.0 Å². The molecule has 9 heteroatoms. The summed E-state index contributed by atoms with van der Waals surface area (Å²) < 4.78 is 14.1. The van der Waals surface area contributed by atoms with Crippen LogP contribution in [0.4, 0.5) is 5.82 Å². The fourth-order valence-electron chi connectivity index (χ4n) is 6.86. The fourth-order valence-corrected chi connectivity index (χ4v) is 6.86. The first-order valence-corrected chi connectivity index (χ1v) is 15.6. The topological polar surface area (TPSA) is 98.7 Å². The molecule has 0 radical (unpaired) electrons. The molecule has 2 aliphatic heterocycles. The van der Waals surface area contributed by atoms with Gasteiger partial charge in [-0.1, -0.05) is 42.3 Å². The third-order valence-electron chi connectivity index (χ3n) is 9.05. The Hall–Kier alpha value is -4.65. The van der Waals surface area contributed by atoms with E-state index in [2.05, 4.69) is 21.4 Å². The van der Waals surface area contributed by atoms with Crippen molar-refractivity contribution in [1.29, 1.82) is 0 Å². The molecule has 230 valence electrons. The summed E-state index contributed by atoms with van der Waals surface area (Å²) in [6, 6.07) is 17.9. The first kappa shape index (κ1) is 29.1. The third-order valence-corrected chi connectivity index (χ3v) is 9.05. The van der Waals surface area contributed by atoms with Gasteiger partial charge in [0.2, 0.25) is 5.91 Å². The number of anilines is 1. The number of nitrogens with zero attached hydrogens (tertiary/aromatic N) is 5. The van der Waals surface area contributed by atoms with Gasteiger partial charge in [0.1, 0.15) is 35.0 Å². The van der Waals surface area contributed by atoms with Crippen LogP contribution in [0.15, 0.2) is 73.1 Å². The van der Waals surface area contributed by atoms with Gasteiger partial charge in [-0.3, -0.25) is 4.79 Å². The van der Waals surface area contributed by atoms with Gasteiger partial charge in [-0.15, -0.1) is 0 Å². The zero-order chi connectivity index (χ0) is 31.0. The predicted octanol–water partition coefficient (Wildman–Crippen LogP) is 5.14. The molecular weight excluding hydrogens is 564 g/mol. The highest BCUT2D eigenvalue weighted by molar-refractivity contribution is 6.03. The molecule has 2 aromatic heterocycles. The van der Waals surface area contributed by atoms with Crippen LogP contribution in [0.1, 0.15) is 31.0 Å². The lowest BCUT2D eigenvalue weighted by molar-refractivity contribution is -0.147. The lowest BCUT2D eigenvalue weighted by Gasteiger charge is -2.57. The molecule has 1 amide bonds. The summed E-state index contributed by atoms with van der Waals surface area (Å²) in [7, 11) is 3.99. The van der Waals surface area contributed by atoms with Gasteiger partial charge >= 0.3 is 0 Å². The van der Waals surface area contributed by atoms with E-state index in [4.69, 9.17) is 20.2 Å². The lowest BCUT2D eigenvalue weighted by Crippen LogP contribution is -2.63. The van der Waals surface area contributed by atoms with Crippen LogP contribution in [0.5, 0.6) is 11.5 Å². The smallest absolute Gasteiger partial charge is 0.246 e. The largest absolute Gasteiger partial charge is 0.457 e. The molecule has 9 nitrogen and oxygen atoms in total. The molecule has 1 unspecified atom stereocenters. The summed E-state index contributed by atoms with van der Waals surface area (Å²) in [6.07, 6.45) is 8.03. The average molecular weight is 603 g/mol. The highest BCUT2D eigenvalue weighted by Gasteiger charge is 2.52. The number of benzene rings is 2. The number of hydrogen-bond donors (Lipinski definition) is 1. The Morgan fingerprint density at radius 3 is 2.58 bits per heavy atom. The predicted molar refractivity (Wildman–Crippen MR) is 175 cm³/mol. The lowest BCUT2D eigenvalue weighted by atomic mass is 9.58. The molecule has 4 heterocycles. The van der Waals surface area contributed by atoms with E-state index in [0.717, 1.165) is 78.2 Å². The van der Waals surface area contributed by atoms with Gasteiger partial charge in [0.15, 0.2) is 0 Å². The average Bonchev–Trinajstić information content (AvgIpc) is 3.63. The summed E-state index contributed by atoms with van der Waals surface area (Å²) in [5.41, 5.74) is 10.3. The number of carbonyl (C=O) groups is 1. The molecule has 2 saturated heterocycles. The van der Waals surface area contributed by atoms with Gasteiger partial charge in [0, 0.05) is 49.2 Å². The Labute approximate surface area is 263 Å². The molecule has 45 heavy (non-hydrogen) atoms. The van der Waals surface area contributed by atoms with Gasteiger partial charge in [-0.25, -0.2) is 9.97 Å². The van der Waals surface area contributed by atoms with Crippen LogP contribution >= 0.6 is 0 Å². The molecule has 1 aliphatic carbocycles. The maximum Gasteiger partial charge on any atom is 0.246 e. The van der Waals surface area contributed by atoms with E-state index in [1.54, 1.807) is 6.08 Å². The zero-order valence-corrected chi connectivity index (χ0v) is 25.8. The molecule has 7 rings (SSSR count). The van der Waals surface area contributed by atoms with Gasteiger partial charge in [0.05, 0.1) is 18.0 Å². The summed E-state index contributed by atoms with van der Waals surface area (Å²) >= 11 is 0. The standard InChI is InChI=1S/C36H38N6O3/c1-40(2)17-6-9-31(43)41-22-36(23-41)19-25(20-36)10-15-30-32(26-11-13-29(14-12-26)45-28-7-4-3-5-8-28)33-34(37)38-24-39-35(33)42(30)27-16-18-44-21-27/h3-9,11-14,24-25,27H,16-23H2,1-2H3,(H2,37,38,39)/b9-6+. The number of rotatable bonds is 7. The number of carbonyl (C=O) groups excluding carboxylic acids is 1. The van der Waals surface area contributed by atoms with Crippen molar-refractivity contribution in [2.45, 2.75) is 25.3 Å². The van der Waals surface area contributed by atoms with Crippen molar-refractivity contribution >= 4 is 22.8 Å². The number of ether oxygens (including phenoxy) is 2. The van der Waals surface area contributed by atoms with E-state index >= 15 is 0 Å². The van der Waals surface area contributed by atoms with Crippen LogP contribution in [-0.4, -0.2) is 77.2 Å². The van der Waals surface area contributed by atoms with E-state index in [-0.39, 0.29) is 23.3 Å². The van der Waals surface area contributed by atoms with Crippen molar-refractivity contribution in [3.8, 4) is 34.5 Å². The Kier molecular flexibility index (Phi) is 7.78. The minimum atomic E-state index is 0.101. The second-order valence-electron chi connectivity index (χ2n) is 12.7. The van der Waals surface area contributed by atoms with Crippen molar-refractivity contribution in [1.82, 2.24) is 24.3 Å². The molecule has 1 saturated carbocycles. The number of fused-ring (bicyclic) bond motifs is 1. The molecule has 2 aromatic carbocycles. The highest BCUT2D eigenvalue weighted by Crippen LogP contribution is 2.52. The van der Waals surface area contributed by atoms with Crippen molar-refractivity contribution in [2.24, 2.45) is 11.3 Å². The molecule has 2 N–H and O–H groups in total. The summed E-state index contributed by atoms with van der Waals surface area (Å²) in [5.74, 6) is 9.53. The Morgan fingerprint density at radius 1 is 1.11 bits per heavy atom. The highest BCUT2D eigenvalue weighted by atomic mass is 16.5. The number of nitrogen functional groups attached to an aromatic ring is 1. The third kappa shape index (κ3) is 5.79. The van der Waals surface area contributed by atoms with Crippen LogP contribution in [0.3, 0.4) is 0 Å². The van der Waals surface area contributed by atoms with Crippen LogP contribution in [-0.2, 0) is 9.53 Å². The molecular formula is C36H38N6O3. The van der Waals surface area contributed by atoms with E-state index in [1.165, 1.54) is 6.33 Å². The van der Waals surface area contributed by atoms with Crippen molar-refractivity contribution in [3.05, 3.63) is 78.8 Å². The molecule has 3 fully saturated rings. The monoisotopic (exact) mass is 602 g/mol. The quantitative estimate of drug-likeness (QED) is 0.231. The van der Waals surface area contributed by atoms with Crippen molar-refractivity contribution in [2.75, 3.05) is 52.7 Å². The molecule has 4 aromatic rings. The van der Waals surface area contributed by atoms with Crippen LogP contribution in [0.25, 0.3) is 22.2 Å². The minimum Gasteiger partial charge on any atom is -0.457 e. The van der Waals surface area contributed by atoms with Gasteiger partial charge < -0.3 is 29.6 Å². The Bertz CT molecular complexity index is 1780. The summed E-state index contributed by atoms with van der Waals surface area (Å²) in [4.78, 5) is 25.6. The molecule has 3 aliphatic rings.